The summed E-state index contributed by atoms with van der Waals surface area (Å²) in [6.45, 7) is 4.84. The lowest BCUT2D eigenvalue weighted by molar-refractivity contribution is -0.132. The molecule has 2 unspecified atom stereocenters. The number of carbonyl (C=O) groups excluding carboxylic acids is 1. The molecule has 0 aliphatic carbocycles. The van der Waals surface area contributed by atoms with Crippen molar-refractivity contribution >= 4 is 18.3 Å². The zero-order valence-electron chi connectivity index (χ0n) is 11.7. The van der Waals surface area contributed by atoms with Gasteiger partial charge in [-0.3, -0.25) is 4.79 Å². The molecular weight excluding hydrogens is 264 g/mol. The quantitative estimate of drug-likeness (QED) is 0.803. The number of likely N-dealkylation sites (N-methyl/N-ethyl adjacent to an activating group) is 1. The Balaban J connectivity index is 0.00000324. The van der Waals surface area contributed by atoms with Crippen molar-refractivity contribution < 1.29 is 9.53 Å². The van der Waals surface area contributed by atoms with Gasteiger partial charge in [-0.2, -0.15) is 0 Å². The van der Waals surface area contributed by atoms with E-state index in [1.54, 1.807) is 6.92 Å². The molecular formula is C14H23ClN2O2. The summed E-state index contributed by atoms with van der Waals surface area (Å²) in [5, 5.41) is 5.90. The lowest BCUT2D eigenvalue weighted by Crippen LogP contribution is -2.41. The molecule has 0 aromatic heterocycles. The average Bonchev–Trinajstić information content (AvgIpc) is 2.42. The lowest BCUT2D eigenvalue weighted by atomic mass is 10.2. The number of halogens is 1. The molecule has 1 rings (SSSR count). The van der Waals surface area contributed by atoms with Gasteiger partial charge < -0.3 is 15.4 Å². The molecule has 0 radical (unpaired) electrons. The van der Waals surface area contributed by atoms with Gasteiger partial charge in [0.25, 0.3) is 0 Å². The highest BCUT2D eigenvalue weighted by Crippen LogP contribution is 2.03. The molecule has 19 heavy (non-hydrogen) atoms. The van der Waals surface area contributed by atoms with Gasteiger partial charge in [0.2, 0.25) is 5.91 Å². The Hall–Kier alpha value is -1.10. The second kappa shape index (κ2) is 9.78. The minimum Gasteiger partial charge on any atom is -0.364 e. The van der Waals surface area contributed by atoms with Gasteiger partial charge in [0, 0.05) is 12.6 Å². The van der Waals surface area contributed by atoms with Crippen LogP contribution in [0.25, 0.3) is 0 Å². The zero-order chi connectivity index (χ0) is 13.4. The van der Waals surface area contributed by atoms with Crippen molar-refractivity contribution in [2.45, 2.75) is 32.6 Å². The first-order chi connectivity index (χ1) is 8.63. The number of ether oxygens (including phenoxy) is 1. The van der Waals surface area contributed by atoms with Gasteiger partial charge in [0.05, 0.1) is 6.61 Å². The van der Waals surface area contributed by atoms with Crippen LogP contribution in [0.2, 0.25) is 0 Å². The number of amides is 1. The maximum absolute atomic E-state index is 11.7. The van der Waals surface area contributed by atoms with E-state index in [0.29, 0.717) is 13.2 Å². The van der Waals surface area contributed by atoms with Crippen LogP contribution >= 0.6 is 12.4 Å². The van der Waals surface area contributed by atoms with Crippen LogP contribution in [0.5, 0.6) is 0 Å². The van der Waals surface area contributed by atoms with Crippen LogP contribution in [0.1, 0.15) is 19.4 Å². The predicted molar refractivity (Wildman–Crippen MR) is 79.5 cm³/mol. The summed E-state index contributed by atoms with van der Waals surface area (Å²) in [6.07, 6.45) is -0.436. The van der Waals surface area contributed by atoms with Crippen molar-refractivity contribution in [3.63, 3.8) is 0 Å². The fourth-order valence-electron chi connectivity index (χ4n) is 1.37. The molecule has 2 N–H and O–H groups in total. The van der Waals surface area contributed by atoms with Crippen LogP contribution in [-0.4, -0.2) is 31.6 Å². The van der Waals surface area contributed by atoms with Gasteiger partial charge in [0.1, 0.15) is 6.10 Å². The van der Waals surface area contributed by atoms with E-state index in [0.717, 1.165) is 5.56 Å². The average molecular weight is 287 g/mol. The Kier molecular flexibility index (Phi) is 9.21. The fraction of sp³-hybridized carbons (Fsp3) is 0.500. The number of nitrogens with one attached hydrogen (secondary N) is 2. The minimum absolute atomic E-state index is 0. The van der Waals surface area contributed by atoms with Crippen molar-refractivity contribution in [3.05, 3.63) is 35.9 Å². The van der Waals surface area contributed by atoms with Gasteiger partial charge in [-0.05, 0) is 26.5 Å². The van der Waals surface area contributed by atoms with Gasteiger partial charge in [-0.25, -0.2) is 0 Å². The molecule has 0 heterocycles. The van der Waals surface area contributed by atoms with Crippen LogP contribution in [0.4, 0.5) is 0 Å². The van der Waals surface area contributed by atoms with Crippen molar-refractivity contribution in [1.29, 1.82) is 0 Å². The highest BCUT2D eigenvalue weighted by molar-refractivity contribution is 5.85. The van der Waals surface area contributed by atoms with E-state index in [4.69, 9.17) is 4.74 Å². The summed E-state index contributed by atoms with van der Waals surface area (Å²) in [5.41, 5.74) is 1.07. The van der Waals surface area contributed by atoms with E-state index in [2.05, 4.69) is 10.6 Å². The Morgan fingerprint density at radius 1 is 1.26 bits per heavy atom. The molecule has 0 aliphatic heterocycles. The summed E-state index contributed by atoms with van der Waals surface area (Å²) < 4.78 is 5.52. The molecule has 0 aliphatic rings. The third kappa shape index (κ3) is 7.15. The van der Waals surface area contributed by atoms with Crippen molar-refractivity contribution in [1.82, 2.24) is 10.6 Å². The highest BCUT2D eigenvalue weighted by Gasteiger charge is 2.13. The molecule has 108 valence electrons. The van der Waals surface area contributed by atoms with E-state index < -0.39 is 6.10 Å². The van der Waals surface area contributed by atoms with E-state index in [9.17, 15) is 4.79 Å². The second-order valence-corrected chi connectivity index (χ2v) is 4.37. The van der Waals surface area contributed by atoms with Gasteiger partial charge in [0.15, 0.2) is 0 Å². The molecule has 0 spiro atoms. The predicted octanol–water partition coefficient (Wildman–Crippen LogP) is 1.74. The van der Waals surface area contributed by atoms with Crippen LogP contribution in [-0.2, 0) is 16.1 Å². The second-order valence-electron chi connectivity index (χ2n) is 4.37. The Labute approximate surface area is 121 Å². The third-order valence-electron chi connectivity index (χ3n) is 2.79. The van der Waals surface area contributed by atoms with Crippen molar-refractivity contribution in [3.8, 4) is 0 Å². The third-order valence-corrected chi connectivity index (χ3v) is 2.79. The molecule has 1 aromatic rings. The summed E-state index contributed by atoms with van der Waals surface area (Å²) in [6, 6.07) is 10.1. The van der Waals surface area contributed by atoms with Crippen LogP contribution in [0.15, 0.2) is 30.3 Å². The minimum atomic E-state index is -0.436. The molecule has 5 heteroatoms. The monoisotopic (exact) mass is 286 g/mol. The van der Waals surface area contributed by atoms with Crippen LogP contribution < -0.4 is 10.6 Å². The Morgan fingerprint density at radius 2 is 1.89 bits per heavy atom. The molecule has 0 saturated heterocycles. The normalized spacial score (nSPS) is 13.2. The van der Waals surface area contributed by atoms with Crippen LogP contribution in [0, 0.1) is 0 Å². The SMILES string of the molecule is CNC(C)CNC(=O)C(C)OCc1ccccc1.Cl. The lowest BCUT2D eigenvalue weighted by Gasteiger charge is -2.16. The van der Waals surface area contributed by atoms with E-state index in [1.165, 1.54) is 0 Å². The molecule has 2 atom stereocenters. The van der Waals surface area contributed by atoms with Crippen molar-refractivity contribution in [2.24, 2.45) is 0 Å². The molecule has 0 fully saturated rings. The van der Waals surface area contributed by atoms with E-state index >= 15 is 0 Å². The number of hydrogen-bond donors (Lipinski definition) is 2. The zero-order valence-corrected chi connectivity index (χ0v) is 12.5. The standard InChI is InChI=1S/C14H22N2O2.ClH/c1-11(15-3)9-16-14(17)12(2)18-10-13-7-5-4-6-8-13;/h4-8,11-12,15H,9-10H2,1-3H3,(H,16,17);1H. The maximum Gasteiger partial charge on any atom is 0.248 e. The Morgan fingerprint density at radius 3 is 2.47 bits per heavy atom. The van der Waals surface area contributed by atoms with E-state index in [-0.39, 0.29) is 24.4 Å². The Bertz CT molecular complexity index is 360. The molecule has 0 saturated carbocycles. The first kappa shape index (κ1) is 17.9. The fourth-order valence-corrected chi connectivity index (χ4v) is 1.37. The van der Waals surface area contributed by atoms with Crippen molar-refractivity contribution in [2.75, 3.05) is 13.6 Å². The van der Waals surface area contributed by atoms with Gasteiger partial charge >= 0.3 is 0 Å². The highest BCUT2D eigenvalue weighted by atomic mass is 35.5. The molecule has 1 amide bonds. The van der Waals surface area contributed by atoms with E-state index in [1.807, 2.05) is 44.3 Å². The maximum atomic E-state index is 11.7. The molecule has 1 aromatic carbocycles. The summed E-state index contributed by atoms with van der Waals surface area (Å²) in [7, 11) is 1.87. The first-order valence-electron chi connectivity index (χ1n) is 6.24. The number of hydrogen-bond acceptors (Lipinski definition) is 3. The number of carbonyl (C=O) groups is 1. The number of benzene rings is 1. The summed E-state index contributed by atoms with van der Waals surface area (Å²) in [4.78, 5) is 11.7. The smallest absolute Gasteiger partial charge is 0.248 e. The number of rotatable bonds is 7. The first-order valence-corrected chi connectivity index (χ1v) is 6.24. The van der Waals surface area contributed by atoms with Gasteiger partial charge in [-0.15, -0.1) is 12.4 Å². The summed E-state index contributed by atoms with van der Waals surface area (Å²) >= 11 is 0. The molecule has 4 nitrogen and oxygen atoms in total. The largest absolute Gasteiger partial charge is 0.364 e. The van der Waals surface area contributed by atoms with Crippen LogP contribution in [0.3, 0.4) is 0 Å². The van der Waals surface area contributed by atoms with Gasteiger partial charge in [-0.1, -0.05) is 30.3 Å². The summed E-state index contributed by atoms with van der Waals surface area (Å²) in [5.74, 6) is -0.0759. The topological polar surface area (TPSA) is 50.4 Å². The molecule has 0 bridgehead atoms.